The van der Waals surface area contributed by atoms with Gasteiger partial charge in [-0.2, -0.15) is 0 Å². The van der Waals surface area contributed by atoms with Gasteiger partial charge in [0.05, 0.1) is 6.04 Å². The number of nitrogens with zero attached hydrogens (tertiary/aromatic N) is 4. The van der Waals surface area contributed by atoms with Crippen molar-refractivity contribution in [2.75, 3.05) is 12.3 Å². The summed E-state index contributed by atoms with van der Waals surface area (Å²) >= 11 is 0. The highest BCUT2D eigenvalue weighted by atomic mass is 16.5. The number of rotatable bonds is 4. The maximum absolute atomic E-state index is 12.6. The smallest absolute Gasteiger partial charge is 0.299 e. The molecular formula is C28H27N5O2. The van der Waals surface area contributed by atoms with Gasteiger partial charge in [0.25, 0.3) is 5.91 Å². The van der Waals surface area contributed by atoms with E-state index in [-0.39, 0.29) is 11.9 Å². The number of fused-ring (bicyclic) bond motifs is 1. The van der Waals surface area contributed by atoms with Crippen LogP contribution in [0.4, 0.5) is 5.82 Å². The summed E-state index contributed by atoms with van der Waals surface area (Å²) in [6.45, 7) is 6.37. The Kier molecular flexibility index (Phi) is 5.87. The monoisotopic (exact) mass is 465 g/mol. The van der Waals surface area contributed by atoms with E-state index in [2.05, 4.69) is 16.8 Å². The number of hydrogen-bond acceptors (Lipinski definition) is 5. The van der Waals surface area contributed by atoms with Crippen LogP contribution in [-0.2, 0) is 4.79 Å². The summed E-state index contributed by atoms with van der Waals surface area (Å²) < 4.78 is 8.13. The lowest BCUT2D eigenvalue weighted by atomic mass is 10.1. The SMILES string of the molecule is CC#CC(=O)N1CCC[C@H]1c1nc(-c2ccc(Oc3ccccc3C)c(C)c2)c2c(N)nccn12. The van der Waals surface area contributed by atoms with Crippen molar-refractivity contribution >= 4 is 17.2 Å². The highest BCUT2D eigenvalue weighted by Crippen LogP contribution is 2.38. The molecule has 1 amide bonds. The highest BCUT2D eigenvalue weighted by Gasteiger charge is 2.33. The Morgan fingerprint density at radius 2 is 1.94 bits per heavy atom. The molecule has 0 saturated carbocycles. The summed E-state index contributed by atoms with van der Waals surface area (Å²) in [7, 11) is 0. The number of aryl methyl sites for hydroxylation is 2. The number of aromatic nitrogens is 3. The summed E-state index contributed by atoms with van der Waals surface area (Å²) in [5, 5.41) is 0. The lowest BCUT2D eigenvalue weighted by molar-refractivity contribution is -0.126. The Labute approximate surface area is 204 Å². The molecule has 2 aromatic carbocycles. The first kappa shape index (κ1) is 22.5. The van der Waals surface area contributed by atoms with Gasteiger partial charge < -0.3 is 15.4 Å². The molecule has 4 aromatic rings. The molecule has 7 heteroatoms. The van der Waals surface area contributed by atoms with Crippen LogP contribution in [0.2, 0.25) is 0 Å². The standard InChI is InChI=1S/C28H27N5O2/c1-4-8-24(34)32-15-7-10-21(32)28-31-25(26-27(29)30-14-16-33(26)28)20-12-13-23(19(3)17-20)35-22-11-6-5-9-18(22)2/h5-6,9,11-14,16-17,21H,7,10,15H2,1-3H3,(H2,29,30)/t21-/m0/s1. The van der Waals surface area contributed by atoms with Crippen LogP contribution in [0.5, 0.6) is 11.5 Å². The van der Waals surface area contributed by atoms with Gasteiger partial charge in [-0.15, -0.1) is 0 Å². The van der Waals surface area contributed by atoms with E-state index in [1.54, 1.807) is 18.0 Å². The molecule has 176 valence electrons. The first-order valence-electron chi connectivity index (χ1n) is 11.7. The number of benzene rings is 2. The van der Waals surface area contributed by atoms with Crippen molar-refractivity contribution in [3.05, 3.63) is 71.8 Å². The molecule has 1 saturated heterocycles. The number of nitrogens with two attached hydrogens (primary N) is 1. The molecule has 0 bridgehead atoms. The molecule has 2 aromatic heterocycles. The average Bonchev–Trinajstić information content (AvgIpc) is 3.47. The third kappa shape index (κ3) is 4.08. The third-order valence-corrected chi connectivity index (χ3v) is 6.42. The van der Waals surface area contributed by atoms with E-state index in [0.717, 1.165) is 58.1 Å². The number of carbonyl (C=O) groups excluding carboxylic acids is 1. The minimum absolute atomic E-state index is 0.170. The first-order chi connectivity index (χ1) is 17.0. The second-order valence-corrected chi connectivity index (χ2v) is 8.73. The molecule has 7 nitrogen and oxygen atoms in total. The van der Waals surface area contributed by atoms with Gasteiger partial charge in [0, 0.05) is 24.5 Å². The zero-order valence-corrected chi connectivity index (χ0v) is 20.1. The zero-order chi connectivity index (χ0) is 24.5. The van der Waals surface area contributed by atoms with Crippen LogP contribution >= 0.6 is 0 Å². The normalized spacial score (nSPS) is 15.2. The van der Waals surface area contributed by atoms with Crippen LogP contribution in [0.3, 0.4) is 0 Å². The molecule has 1 fully saturated rings. The molecule has 35 heavy (non-hydrogen) atoms. The number of hydrogen-bond donors (Lipinski definition) is 1. The quantitative estimate of drug-likeness (QED) is 0.425. The summed E-state index contributed by atoms with van der Waals surface area (Å²) in [6, 6.07) is 13.8. The highest BCUT2D eigenvalue weighted by molar-refractivity contribution is 5.94. The van der Waals surface area contributed by atoms with Crippen LogP contribution in [0.25, 0.3) is 16.8 Å². The summed E-state index contributed by atoms with van der Waals surface area (Å²) in [4.78, 5) is 23.8. The molecule has 1 aliphatic rings. The van der Waals surface area contributed by atoms with Crippen LogP contribution in [0, 0.1) is 25.7 Å². The van der Waals surface area contributed by atoms with Crippen molar-refractivity contribution < 1.29 is 9.53 Å². The fourth-order valence-electron chi connectivity index (χ4n) is 4.68. The fraction of sp³-hybridized carbons (Fsp3) is 0.250. The Bertz CT molecular complexity index is 1490. The van der Waals surface area contributed by atoms with Crippen molar-refractivity contribution in [2.24, 2.45) is 0 Å². The van der Waals surface area contributed by atoms with Gasteiger partial charge in [-0.05, 0) is 74.9 Å². The number of amides is 1. The topological polar surface area (TPSA) is 85.8 Å². The van der Waals surface area contributed by atoms with Gasteiger partial charge in [-0.1, -0.05) is 24.1 Å². The molecule has 5 rings (SSSR count). The number of likely N-dealkylation sites (tertiary alicyclic amines) is 1. The number of nitrogen functional groups attached to an aromatic ring is 1. The van der Waals surface area contributed by atoms with Gasteiger partial charge >= 0.3 is 0 Å². The van der Waals surface area contributed by atoms with Crippen LogP contribution in [-0.4, -0.2) is 31.7 Å². The summed E-state index contributed by atoms with van der Waals surface area (Å²) in [5.41, 5.74) is 10.8. The predicted molar refractivity (Wildman–Crippen MR) is 136 cm³/mol. The van der Waals surface area contributed by atoms with Crippen molar-refractivity contribution in [3.8, 4) is 34.6 Å². The van der Waals surface area contributed by atoms with Crippen LogP contribution in [0.15, 0.2) is 54.9 Å². The Balaban J connectivity index is 1.57. The van der Waals surface area contributed by atoms with Crippen molar-refractivity contribution in [1.82, 2.24) is 19.3 Å². The maximum Gasteiger partial charge on any atom is 0.299 e. The van der Waals surface area contributed by atoms with E-state index in [9.17, 15) is 4.79 Å². The summed E-state index contributed by atoms with van der Waals surface area (Å²) in [5.74, 6) is 7.98. The van der Waals surface area contributed by atoms with Crippen molar-refractivity contribution in [2.45, 2.75) is 39.7 Å². The lowest BCUT2D eigenvalue weighted by Crippen LogP contribution is -2.30. The third-order valence-electron chi connectivity index (χ3n) is 6.42. The molecule has 0 radical (unpaired) electrons. The number of ether oxygens (including phenoxy) is 1. The molecule has 3 heterocycles. The Morgan fingerprint density at radius 3 is 2.71 bits per heavy atom. The second-order valence-electron chi connectivity index (χ2n) is 8.73. The Morgan fingerprint density at radius 1 is 1.14 bits per heavy atom. The molecule has 0 aliphatic carbocycles. The molecule has 1 atom stereocenters. The molecule has 0 spiro atoms. The molecule has 0 unspecified atom stereocenters. The van der Waals surface area contributed by atoms with Gasteiger partial charge in [0.1, 0.15) is 34.4 Å². The number of anilines is 1. The van der Waals surface area contributed by atoms with E-state index in [1.165, 1.54) is 0 Å². The maximum atomic E-state index is 12.6. The first-order valence-corrected chi connectivity index (χ1v) is 11.7. The molecule has 1 aliphatic heterocycles. The average molecular weight is 466 g/mol. The largest absolute Gasteiger partial charge is 0.457 e. The molecule has 2 N–H and O–H groups in total. The second kappa shape index (κ2) is 9.15. The van der Waals surface area contributed by atoms with E-state index in [4.69, 9.17) is 15.5 Å². The van der Waals surface area contributed by atoms with E-state index in [0.29, 0.717) is 12.4 Å². The van der Waals surface area contributed by atoms with E-state index in [1.807, 2.05) is 66.9 Å². The predicted octanol–water partition coefficient (Wildman–Crippen LogP) is 5.07. The van der Waals surface area contributed by atoms with Crippen molar-refractivity contribution in [1.29, 1.82) is 0 Å². The zero-order valence-electron chi connectivity index (χ0n) is 20.1. The van der Waals surface area contributed by atoms with Gasteiger partial charge in [0.15, 0.2) is 0 Å². The lowest BCUT2D eigenvalue weighted by Gasteiger charge is -2.21. The van der Waals surface area contributed by atoms with Gasteiger partial charge in [-0.3, -0.25) is 9.20 Å². The van der Waals surface area contributed by atoms with Gasteiger partial charge in [-0.25, -0.2) is 9.97 Å². The van der Waals surface area contributed by atoms with Gasteiger partial charge in [0.2, 0.25) is 0 Å². The van der Waals surface area contributed by atoms with Crippen LogP contribution in [0.1, 0.15) is 42.8 Å². The number of imidazole rings is 1. The van der Waals surface area contributed by atoms with E-state index >= 15 is 0 Å². The Hall–Kier alpha value is -4.31. The van der Waals surface area contributed by atoms with E-state index < -0.39 is 0 Å². The number of para-hydroxylation sites is 1. The number of carbonyl (C=O) groups is 1. The van der Waals surface area contributed by atoms with Crippen molar-refractivity contribution in [3.63, 3.8) is 0 Å². The molecular weight excluding hydrogens is 438 g/mol. The minimum Gasteiger partial charge on any atom is -0.457 e. The van der Waals surface area contributed by atoms with Crippen LogP contribution < -0.4 is 10.5 Å². The minimum atomic E-state index is -0.177. The summed E-state index contributed by atoms with van der Waals surface area (Å²) in [6.07, 6.45) is 5.23. The fourth-order valence-corrected chi connectivity index (χ4v) is 4.68.